The number of piperidine rings is 1. The van der Waals surface area contributed by atoms with Crippen molar-refractivity contribution >= 4 is 53.2 Å². The van der Waals surface area contributed by atoms with E-state index in [4.69, 9.17) is 14.6 Å². The number of phosphoric acid groups is 1. The third-order valence-corrected chi connectivity index (χ3v) is 10.8. The van der Waals surface area contributed by atoms with Crippen molar-refractivity contribution < 1.29 is 38.1 Å². The number of piperazine rings is 1. The van der Waals surface area contributed by atoms with Crippen molar-refractivity contribution in [1.29, 1.82) is 0 Å². The molecule has 0 bridgehead atoms. The summed E-state index contributed by atoms with van der Waals surface area (Å²) >= 11 is 1.30. The van der Waals surface area contributed by atoms with Gasteiger partial charge in [0.2, 0.25) is 5.91 Å². The van der Waals surface area contributed by atoms with Crippen LogP contribution in [0.4, 0.5) is 0 Å². The molecule has 1 saturated carbocycles. The second-order valence-corrected chi connectivity index (χ2v) is 17.2. The Labute approximate surface area is 285 Å². The van der Waals surface area contributed by atoms with Crippen LogP contribution in [0.2, 0.25) is 0 Å². The molecule has 2 N–H and O–H groups in total. The Morgan fingerprint density at radius 2 is 1.83 bits per heavy atom. The number of carbonyl (C=O) groups excluding carboxylic acids is 3. The van der Waals surface area contributed by atoms with E-state index in [0.29, 0.717) is 29.4 Å². The summed E-state index contributed by atoms with van der Waals surface area (Å²) < 4.78 is 16.7. The molecule has 1 aliphatic carbocycles. The average Bonchev–Trinajstić information content (AvgIpc) is 3.76. The molecule has 4 aliphatic rings. The van der Waals surface area contributed by atoms with Gasteiger partial charge in [0.05, 0.1) is 16.8 Å². The number of likely N-dealkylation sites (tertiary alicyclic amines) is 1. The summed E-state index contributed by atoms with van der Waals surface area (Å²) in [5, 5.41) is 1.78. The number of nitrogens with zero attached hydrogens (tertiary/aromatic N) is 5. The molecule has 4 heterocycles. The van der Waals surface area contributed by atoms with Crippen LogP contribution in [-0.2, 0) is 23.8 Å². The topological polar surface area (TPSA) is 153 Å². The summed E-state index contributed by atoms with van der Waals surface area (Å²) in [5.74, 6) is -0.686. The lowest BCUT2D eigenvalue weighted by atomic mass is 9.84. The zero-order valence-electron chi connectivity index (χ0n) is 28.2. The second-order valence-electron chi connectivity index (χ2n) is 15.0. The molecule has 3 saturated heterocycles. The number of hydrogen-bond donors (Lipinski definition) is 2. The van der Waals surface area contributed by atoms with Crippen LogP contribution < -0.4 is 4.52 Å². The van der Waals surface area contributed by atoms with Crippen LogP contribution >= 0.6 is 19.2 Å². The lowest BCUT2D eigenvalue weighted by Crippen LogP contribution is -2.74. The third-order valence-electron chi connectivity index (χ3n) is 9.31. The van der Waals surface area contributed by atoms with Crippen molar-refractivity contribution in [2.45, 2.75) is 104 Å². The molecule has 1 aromatic carbocycles. The highest BCUT2D eigenvalue weighted by molar-refractivity contribution is 7.46. The predicted octanol–water partition coefficient (Wildman–Crippen LogP) is 4.40. The lowest BCUT2D eigenvalue weighted by molar-refractivity contribution is -0.276. The Balaban J connectivity index is 1.28. The fourth-order valence-electron chi connectivity index (χ4n) is 7.05. The van der Waals surface area contributed by atoms with E-state index in [1.807, 2.05) is 18.7 Å². The molecule has 262 valence electrons. The van der Waals surface area contributed by atoms with Crippen LogP contribution in [0.5, 0.6) is 5.75 Å². The number of rotatable bonds is 9. The van der Waals surface area contributed by atoms with Crippen LogP contribution in [0.3, 0.4) is 0 Å². The smallest absolute Gasteiger partial charge is 0.404 e. The van der Waals surface area contributed by atoms with Crippen molar-refractivity contribution in [3.05, 3.63) is 29.3 Å². The molecular weight excluding hydrogens is 657 g/mol. The van der Waals surface area contributed by atoms with Crippen LogP contribution in [-0.4, -0.2) is 102 Å². The first-order valence-corrected chi connectivity index (χ1v) is 19.1. The average molecular weight is 704 g/mol. The lowest BCUT2D eigenvalue weighted by Gasteiger charge is -2.55. The van der Waals surface area contributed by atoms with E-state index in [-0.39, 0.29) is 41.5 Å². The predicted molar refractivity (Wildman–Crippen MR) is 180 cm³/mol. The zero-order chi connectivity index (χ0) is 34.5. The standard InChI is InChI=1S/C33H46N5O8PS/c1-20(2)16-26-32(41)37-25(18-33(3,4)5)31(40)36(22-12-14-35(15-13-22)21-6-7-21)19-29(37)38(45-26)30(39)11-10-28-34-24-17-23(46-47(42,43)44)8-9-27(24)48-28/h8-11,17,20-22,25-26,29H,6-7,12-16,18-19H2,1-5H3,(H2,42,43,44)/b11-10+/t25-,26+,29-/m0/s1. The van der Waals surface area contributed by atoms with E-state index in [2.05, 4.69) is 35.2 Å². The number of hydrogen-bond acceptors (Lipinski definition) is 9. The molecule has 1 aromatic heterocycles. The van der Waals surface area contributed by atoms with Gasteiger partial charge in [0, 0.05) is 37.3 Å². The molecule has 4 fully saturated rings. The first kappa shape index (κ1) is 35.0. The van der Waals surface area contributed by atoms with E-state index in [9.17, 15) is 18.9 Å². The molecule has 2 aromatic rings. The van der Waals surface area contributed by atoms with Crippen LogP contribution in [0.15, 0.2) is 24.3 Å². The molecular formula is C33H46N5O8PS. The highest BCUT2D eigenvalue weighted by Gasteiger charge is 2.54. The van der Waals surface area contributed by atoms with E-state index in [1.165, 1.54) is 47.5 Å². The van der Waals surface area contributed by atoms with Crippen LogP contribution in [0.1, 0.15) is 78.2 Å². The van der Waals surface area contributed by atoms with Crippen LogP contribution in [0, 0.1) is 11.3 Å². The molecule has 13 nitrogen and oxygen atoms in total. The molecule has 15 heteroatoms. The molecule has 0 spiro atoms. The number of fused-ring (bicyclic) bond motifs is 2. The van der Waals surface area contributed by atoms with E-state index in [1.54, 1.807) is 17.0 Å². The van der Waals surface area contributed by atoms with Crippen molar-refractivity contribution in [2.75, 3.05) is 19.6 Å². The Hall–Kier alpha value is -2.87. The van der Waals surface area contributed by atoms with Gasteiger partial charge in [-0.2, -0.15) is 5.06 Å². The molecule has 0 unspecified atom stereocenters. The van der Waals surface area contributed by atoms with Crippen molar-refractivity contribution in [1.82, 2.24) is 24.7 Å². The minimum absolute atomic E-state index is 0.0187. The summed E-state index contributed by atoms with van der Waals surface area (Å²) in [4.78, 5) is 77.5. The van der Waals surface area contributed by atoms with Gasteiger partial charge >= 0.3 is 7.82 Å². The molecule has 0 radical (unpaired) electrons. The summed E-state index contributed by atoms with van der Waals surface area (Å²) in [6.07, 6.45) is 6.27. The Morgan fingerprint density at radius 3 is 2.46 bits per heavy atom. The molecule has 3 atom stereocenters. The molecule has 48 heavy (non-hydrogen) atoms. The third kappa shape index (κ3) is 7.95. The minimum atomic E-state index is -4.73. The van der Waals surface area contributed by atoms with Crippen molar-refractivity contribution in [3.63, 3.8) is 0 Å². The maximum absolute atomic E-state index is 14.3. The number of amides is 3. The number of phosphoric ester groups is 1. The normalized spacial score (nSPS) is 25.1. The summed E-state index contributed by atoms with van der Waals surface area (Å²) in [6, 6.07) is 4.48. The van der Waals surface area contributed by atoms with Gasteiger partial charge in [0.15, 0.2) is 12.3 Å². The zero-order valence-corrected chi connectivity index (χ0v) is 29.9. The van der Waals surface area contributed by atoms with Crippen molar-refractivity contribution in [3.8, 4) is 5.75 Å². The summed E-state index contributed by atoms with van der Waals surface area (Å²) in [5.41, 5.74) is 0.202. The number of benzene rings is 1. The van der Waals surface area contributed by atoms with E-state index in [0.717, 1.165) is 30.6 Å². The fourth-order valence-corrected chi connectivity index (χ4v) is 8.29. The number of aromatic nitrogens is 1. The molecule has 3 amide bonds. The van der Waals surface area contributed by atoms with Gasteiger partial charge in [-0.3, -0.25) is 29.0 Å². The van der Waals surface area contributed by atoms with E-state index < -0.39 is 32.0 Å². The van der Waals surface area contributed by atoms with Gasteiger partial charge in [-0.05, 0) is 68.1 Å². The van der Waals surface area contributed by atoms with Crippen LogP contribution in [0.25, 0.3) is 16.3 Å². The first-order chi connectivity index (χ1) is 22.6. The van der Waals surface area contributed by atoms with E-state index >= 15 is 0 Å². The maximum Gasteiger partial charge on any atom is 0.524 e. The number of hydroxylamine groups is 2. The Bertz CT molecular complexity index is 1620. The van der Waals surface area contributed by atoms with Gasteiger partial charge in [-0.25, -0.2) is 9.55 Å². The second kappa shape index (κ2) is 13.4. The molecule has 3 aliphatic heterocycles. The van der Waals surface area contributed by atoms with Gasteiger partial charge in [-0.15, -0.1) is 11.3 Å². The SMILES string of the molecule is CC(C)C[C@H]1ON(C(=O)/C=C/c2nc3cc(OP(=O)(O)O)ccc3s2)[C@H]2CN(C3CCN(C4CC4)CC3)C(=O)[C@H](CC(C)(C)C)N2C1=O. The molecule has 6 rings (SSSR count). The summed E-state index contributed by atoms with van der Waals surface area (Å²) in [6.45, 7) is 12.2. The largest absolute Gasteiger partial charge is 0.524 e. The Morgan fingerprint density at radius 1 is 1.12 bits per heavy atom. The monoisotopic (exact) mass is 703 g/mol. The maximum atomic E-state index is 14.3. The quantitative estimate of drug-likeness (QED) is 0.284. The van der Waals surface area contributed by atoms with Gasteiger partial charge in [0.25, 0.3) is 11.8 Å². The first-order valence-electron chi connectivity index (χ1n) is 16.8. The highest BCUT2D eigenvalue weighted by Crippen LogP contribution is 2.40. The number of thiazole rings is 1. The minimum Gasteiger partial charge on any atom is -0.404 e. The van der Waals surface area contributed by atoms with Gasteiger partial charge < -0.3 is 19.2 Å². The number of carbonyl (C=O) groups is 3. The summed E-state index contributed by atoms with van der Waals surface area (Å²) in [7, 11) is -4.73. The Kier molecular flexibility index (Phi) is 9.80. The van der Waals surface area contributed by atoms with Crippen molar-refractivity contribution in [2.24, 2.45) is 11.3 Å². The fraction of sp³-hybridized carbons (Fsp3) is 0.636. The van der Waals surface area contributed by atoms with Gasteiger partial charge in [-0.1, -0.05) is 34.6 Å². The van der Waals surface area contributed by atoms with Gasteiger partial charge in [0.1, 0.15) is 16.8 Å². The highest BCUT2D eigenvalue weighted by atomic mass is 32.1.